The van der Waals surface area contributed by atoms with Crippen molar-refractivity contribution in [1.82, 2.24) is 15.2 Å². The van der Waals surface area contributed by atoms with Crippen molar-refractivity contribution in [2.24, 2.45) is 7.05 Å². The van der Waals surface area contributed by atoms with Crippen LogP contribution in [-0.2, 0) is 65.8 Å². The molecule has 0 spiro atoms. The molecule has 0 aliphatic carbocycles. The highest BCUT2D eigenvalue weighted by Gasteiger charge is 2.37. The quantitative estimate of drug-likeness (QED) is 0.119. The summed E-state index contributed by atoms with van der Waals surface area (Å²) < 4.78 is 38.9. The normalized spacial score (nSPS) is 12.2. The van der Waals surface area contributed by atoms with Crippen molar-refractivity contribution in [3.63, 3.8) is 0 Å². The summed E-state index contributed by atoms with van der Waals surface area (Å²) in [6.07, 6.45) is 1.01. The number of amides is 2. The number of fused-ring (bicyclic) bond motifs is 1. The molecule has 0 unspecified atom stereocenters. The van der Waals surface area contributed by atoms with Gasteiger partial charge in [0.25, 0.3) is 0 Å². The maximum absolute atomic E-state index is 14.2. The fourth-order valence-electron chi connectivity index (χ4n) is 4.62. The van der Waals surface area contributed by atoms with Crippen LogP contribution in [0.15, 0.2) is 30.5 Å². The second-order valence-corrected chi connectivity index (χ2v) is 12.1. The Morgan fingerprint density at radius 3 is 1.71 bits per heavy atom. The van der Waals surface area contributed by atoms with Gasteiger partial charge in [0.15, 0.2) is 0 Å². The Kier molecular flexibility index (Phi) is 16.3. The number of hydrogen-bond donors (Lipinski definition) is 2. The summed E-state index contributed by atoms with van der Waals surface area (Å²) in [6, 6.07) is 6.53. The molecule has 268 valence electrons. The number of nitrogens with zero attached hydrogens (tertiary/aromatic N) is 1. The van der Waals surface area contributed by atoms with Gasteiger partial charge in [0.1, 0.15) is 17.2 Å². The van der Waals surface area contributed by atoms with Crippen LogP contribution in [0, 0.1) is 0 Å². The molecule has 15 heteroatoms. The summed E-state index contributed by atoms with van der Waals surface area (Å²) in [6.45, 7) is 4.35. The van der Waals surface area contributed by atoms with Gasteiger partial charge in [0, 0.05) is 30.6 Å². The lowest BCUT2D eigenvalue weighted by atomic mass is 9.99. The molecule has 0 fully saturated rings. The van der Waals surface area contributed by atoms with E-state index in [1.165, 1.54) is 21.3 Å². The minimum absolute atomic E-state index is 0.0514. The Labute approximate surface area is 280 Å². The minimum Gasteiger partial charge on any atom is -0.469 e. The van der Waals surface area contributed by atoms with Crippen molar-refractivity contribution in [3.05, 3.63) is 36.0 Å². The number of carbonyl (C=O) groups is 5. The molecule has 1 atom stereocenters. The van der Waals surface area contributed by atoms with Crippen LogP contribution >= 0.6 is 0 Å². The number of carbonyl (C=O) groups excluding carboxylic acids is 5. The molecule has 2 aromatic rings. The zero-order valence-electron chi connectivity index (χ0n) is 28.9. The van der Waals surface area contributed by atoms with Crippen LogP contribution in [0.25, 0.3) is 10.9 Å². The van der Waals surface area contributed by atoms with Crippen LogP contribution in [0.5, 0.6) is 0 Å². The molecule has 0 radical (unpaired) electrons. The molecule has 0 saturated carbocycles. The monoisotopic (exact) mass is 679 g/mol. The molecular formula is C33H49N3O12. The topological polar surface area (TPSA) is 179 Å². The summed E-state index contributed by atoms with van der Waals surface area (Å²) in [7, 11) is 5.65. The third-order valence-electron chi connectivity index (χ3n) is 6.97. The first kappa shape index (κ1) is 40.0. The number of aromatic nitrogens is 1. The Hall–Kier alpha value is -4.21. The molecule has 0 aliphatic rings. The minimum atomic E-state index is -1.41. The molecule has 1 aromatic heterocycles. The summed E-state index contributed by atoms with van der Waals surface area (Å²) in [5.41, 5.74) is -0.502. The first-order valence-electron chi connectivity index (χ1n) is 15.5. The van der Waals surface area contributed by atoms with Gasteiger partial charge < -0.3 is 48.4 Å². The number of esters is 3. The van der Waals surface area contributed by atoms with Crippen molar-refractivity contribution >= 4 is 40.8 Å². The molecular weight excluding hydrogens is 630 g/mol. The molecule has 0 aliphatic heterocycles. The number of rotatable bonds is 20. The predicted octanol–water partition coefficient (Wildman–Crippen LogP) is 2.21. The predicted molar refractivity (Wildman–Crippen MR) is 173 cm³/mol. The van der Waals surface area contributed by atoms with Gasteiger partial charge in [-0.3, -0.25) is 19.2 Å². The molecule has 2 rings (SSSR count). The molecule has 2 amide bonds. The summed E-state index contributed by atoms with van der Waals surface area (Å²) in [4.78, 5) is 62.3. The second-order valence-electron chi connectivity index (χ2n) is 12.1. The maximum Gasteiger partial charge on any atom is 0.408 e. The second kappa shape index (κ2) is 19.6. The van der Waals surface area contributed by atoms with Crippen LogP contribution in [0.3, 0.4) is 0 Å². The number of benzene rings is 1. The van der Waals surface area contributed by atoms with Gasteiger partial charge in [0.05, 0.1) is 80.2 Å². The number of para-hydroxylation sites is 1. The van der Waals surface area contributed by atoms with E-state index in [4.69, 9.17) is 18.9 Å². The summed E-state index contributed by atoms with van der Waals surface area (Å²) >= 11 is 0. The van der Waals surface area contributed by atoms with E-state index in [1.54, 1.807) is 20.8 Å². The van der Waals surface area contributed by atoms with E-state index < -0.39 is 47.1 Å². The molecule has 48 heavy (non-hydrogen) atoms. The lowest BCUT2D eigenvalue weighted by molar-refractivity contribution is -0.143. The highest BCUT2D eigenvalue weighted by Crippen LogP contribution is 2.22. The fraction of sp³-hybridized carbons (Fsp3) is 0.606. The molecule has 0 bridgehead atoms. The van der Waals surface area contributed by atoms with Crippen LogP contribution in [0.4, 0.5) is 4.79 Å². The highest BCUT2D eigenvalue weighted by atomic mass is 16.6. The van der Waals surface area contributed by atoms with Gasteiger partial charge >= 0.3 is 24.0 Å². The van der Waals surface area contributed by atoms with Crippen molar-refractivity contribution < 1.29 is 57.1 Å². The molecule has 15 nitrogen and oxygen atoms in total. The zero-order chi connectivity index (χ0) is 35.7. The fourth-order valence-corrected chi connectivity index (χ4v) is 4.62. The van der Waals surface area contributed by atoms with Crippen LogP contribution < -0.4 is 10.6 Å². The molecule has 1 heterocycles. The highest BCUT2D eigenvalue weighted by molar-refractivity contribution is 5.89. The number of hydrogen-bond acceptors (Lipinski definition) is 12. The Morgan fingerprint density at radius 1 is 0.771 bits per heavy atom. The first-order valence-corrected chi connectivity index (χ1v) is 15.5. The summed E-state index contributed by atoms with van der Waals surface area (Å²) in [5.74, 6) is -2.10. The Balaban J connectivity index is 2.44. The number of alkyl carbamates (subject to hydrolysis) is 1. The Bertz CT molecular complexity index is 1310. The average molecular weight is 680 g/mol. The van der Waals surface area contributed by atoms with E-state index >= 15 is 0 Å². The zero-order valence-corrected chi connectivity index (χ0v) is 28.9. The van der Waals surface area contributed by atoms with E-state index in [0.717, 1.165) is 16.5 Å². The smallest absolute Gasteiger partial charge is 0.408 e. The first-order chi connectivity index (χ1) is 22.7. The van der Waals surface area contributed by atoms with Gasteiger partial charge in [-0.25, -0.2) is 4.79 Å². The van der Waals surface area contributed by atoms with Gasteiger partial charge in [-0.05, 0) is 32.4 Å². The van der Waals surface area contributed by atoms with Gasteiger partial charge in [-0.1, -0.05) is 18.2 Å². The van der Waals surface area contributed by atoms with E-state index in [2.05, 4.69) is 24.8 Å². The number of methoxy groups -OCH3 is 3. The van der Waals surface area contributed by atoms with Crippen LogP contribution in [0.1, 0.15) is 45.6 Å². The maximum atomic E-state index is 14.2. The number of ether oxygens (including phenoxy) is 7. The van der Waals surface area contributed by atoms with E-state index in [0.29, 0.717) is 0 Å². The van der Waals surface area contributed by atoms with Gasteiger partial charge in [-0.2, -0.15) is 0 Å². The van der Waals surface area contributed by atoms with Crippen molar-refractivity contribution in [1.29, 1.82) is 0 Å². The standard InChI is InChI=1S/C33H49N3O12/c1-32(2,3)48-31(41)34-25(18-23-19-36(4)26-11-9-8-10-24(23)26)30(40)35-33(20-45-15-12-27(37)42-5,21-46-16-13-28(38)43-6)22-47-17-14-29(39)44-7/h8-11,19,25H,12-18,20-22H2,1-7H3,(H,34,41)(H,35,40)/t25-/m0/s1. The van der Waals surface area contributed by atoms with Crippen molar-refractivity contribution in [2.75, 3.05) is 61.0 Å². The lowest BCUT2D eigenvalue weighted by Crippen LogP contribution is -2.62. The molecule has 1 aromatic carbocycles. The average Bonchev–Trinajstić information content (AvgIpc) is 3.36. The van der Waals surface area contributed by atoms with E-state index in [1.807, 2.05) is 42.1 Å². The number of aryl methyl sites for hydroxylation is 1. The third-order valence-corrected chi connectivity index (χ3v) is 6.97. The molecule has 0 saturated heterocycles. The van der Waals surface area contributed by atoms with Crippen LogP contribution in [-0.4, -0.2) is 113 Å². The van der Waals surface area contributed by atoms with Crippen molar-refractivity contribution in [3.8, 4) is 0 Å². The van der Waals surface area contributed by atoms with E-state index in [9.17, 15) is 24.0 Å². The largest absolute Gasteiger partial charge is 0.469 e. The van der Waals surface area contributed by atoms with Gasteiger partial charge in [0.2, 0.25) is 5.91 Å². The summed E-state index contributed by atoms with van der Waals surface area (Å²) in [5, 5.41) is 6.54. The van der Waals surface area contributed by atoms with E-state index in [-0.39, 0.29) is 65.3 Å². The third kappa shape index (κ3) is 13.9. The van der Waals surface area contributed by atoms with Crippen molar-refractivity contribution in [2.45, 2.75) is 63.6 Å². The lowest BCUT2D eigenvalue weighted by Gasteiger charge is -2.35. The van der Waals surface area contributed by atoms with Gasteiger partial charge in [-0.15, -0.1) is 0 Å². The SMILES string of the molecule is COC(=O)CCOCC(COCCC(=O)OC)(COCCC(=O)OC)NC(=O)[C@H](Cc1cn(C)c2ccccc12)NC(=O)OC(C)(C)C. The molecule has 2 N–H and O–H groups in total. The van der Waals surface area contributed by atoms with Crippen LogP contribution in [0.2, 0.25) is 0 Å². The number of nitrogens with one attached hydrogen (secondary N) is 2. The Morgan fingerprint density at radius 2 is 1.25 bits per heavy atom.